The quantitative estimate of drug-likeness (QED) is 0.806. The predicted octanol–water partition coefficient (Wildman–Crippen LogP) is 0.861. The summed E-state index contributed by atoms with van der Waals surface area (Å²) in [6.45, 7) is 1.50. The Kier molecular flexibility index (Phi) is 6.16. The summed E-state index contributed by atoms with van der Waals surface area (Å²) < 4.78 is 10.9. The summed E-state index contributed by atoms with van der Waals surface area (Å²) in [5.74, 6) is 0.329. The summed E-state index contributed by atoms with van der Waals surface area (Å²) in [6.07, 6.45) is 1.28. The van der Waals surface area contributed by atoms with E-state index >= 15 is 0 Å². The third-order valence-corrected chi connectivity index (χ3v) is 4.19. The second-order valence-electron chi connectivity index (χ2n) is 6.00. The average Bonchev–Trinajstić information content (AvgIpc) is 2.61. The van der Waals surface area contributed by atoms with E-state index in [4.69, 9.17) is 9.47 Å². The number of likely N-dealkylation sites (N-methyl/N-ethyl adjacent to an activating group) is 1. The highest BCUT2D eigenvalue weighted by Gasteiger charge is 2.39. The topological polar surface area (TPSA) is 79.9 Å². The predicted molar refractivity (Wildman–Crippen MR) is 91.1 cm³/mol. The molecule has 1 aliphatic heterocycles. The van der Waals surface area contributed by atoms with Gasteiger partial charge in [-0.1, -0.05) is 0 Å². The van der Waals surface area contributed by atoms with Crippen molar-refractivity contribution in [3.63, 3.8) is 0 Å². The zero-order valence-corrected chi connectivity index (χ0v) is 14.4. The van der Waals surface area contributed by atoms with E-state index < -0.39 is 5.60 Å². The van der Waals surface area contributed by atoms with E-state index in [0.29, 0.717) is 24.3 Å². The molecule has 0 radical (unpaired) electrons. The second-order valence-corrected chi connectivity index (χ2v) is 6.00. The average molecular weight is 335 g/mol. The van der Waals surface area contributed by atoms with Crippen LogP contribution in [0.3, 0.4) is 0 Å². The van der Waals surface area contributed by atoms with Gasteiger partial charge in [-0.2, -0.15) is 0 Å². The maximum absolute atomic E-state index is 12.6. The summed E-state index contributed by atoms with van der Waals surface area (Å²) in [5.41, 5.74) is -0.111. The number of nitrogens with zero attached hydrogens (tertiary/aromatic N) is 1. The summed E-state index contributed by atoms with van der Waals surface area (Å²) >= 11 is 0. The molecule has 0 spiro atoms. The first-order valence-electron chi connectivity index (χ1n) is 7.97. The molecule has 1 aliphatic rings. The summed E-state index contributed by atoms with van der Waals surface area (Å²) in [6, 6.07) is 6.94. The minimum absolute atomic E-state index is 0.0154. The SMILES string of the molecule is COC1(C(=O)Nc2ccc(OCC(=O)N(C)C)cc2)CCNCC1. The highest BCUT2D eigenvalue weighted by Crippen LogP contribution is 2.25. The molecule has 1 saturated heterocycles. The van der Waals surface area contributed by atoms with Crippen LogP contribution in [0.15, 0.2) is 24.3 Å². The first-order valence-corrected chi connectivity index (χ1v) is 7.97. The number of nitrogens with one attached hydrogen (secondary N) is 2. The summed E-state index contributed by atoms with van der Waals surface area (Å²) in [7, 11) is 4.93. The number of carbonyl (C=O) groups excluding carboxylic acids is 2. The number of rotatable bonds is 6. The molecule has 2 rings (SSSR count). The lowest BCUT2D eigenvalue weighted by atomic mass is 9.91. The van der Waals surface area contributed by atoms with Gasteiger partial charge in [-0.15, -0.1) is 0 Å². The van der Waals surface area contributed by atoms with Gasteiger partial charge in [0.2, 0.25) is 0 Å². The molecule has 0 saturated carbocycles. The molecule has 7 heteroatoms. The smallest absolute Gasteiger partial charge is 0.259 e. The Hall–Kier alpha value is -2.12. The van der Waals surface area contributed by atoms with E-state index in [9.17, 15) is 9.59 Å². The van der Waals surface area contributed by atoms with E-state index in [1.165, 1.54) is 4.90 Å². The molecule has 1 aromatic carbocycles. The summed E-state index contributed by atoms with van der Waals surface area (Å²) in [5, 5.41) is 6.11. The maximum Gasteiger partial charge on any atom is 0.259 e. The molecular weight excluding hydrogens is 310 g/mol. The van der Waals surface area contributed by atoms with Gasteiger partial charge in [0.15, 0.2) is 6.61 Å². The Bertz CT molecular complexity index is 566. The van der Waals surface area contributed by atoms with Crippen LogP contribution in [0.5, 0.6) is 5.75 Å². The van der Waals surface area contributed by atoms with E-state index in [2.05, 4.69) is 10.6 Å². The van der Waals surface area contributed by atoms with Crippen LogP contribution in [-0.2, 0) is 14.3 Å². The lowest BCUT2D eigenvalue weighted by molar-refractivity contribution is -0.140. The van der Waals surface area contributed by atoms with Crippen LogP contribution in [0, 0.1) is 0 Å². The van der Waals surface area contributed by atoms with Crippen molar-refractivity contribution in [2.75, 3.05) is 46.2 Å². The Morgan fingerprint density at radius 2 is 1.83 bits per heavy atom. The minimum Gasteiger partial charge on any atom is -0.484 e. The van der Waals surface area contributed by atoms with Gasteiger partial charge < -0.3 is 25.0 Å². The van der Waals surface area contributed by atoms with Gasteiger partial charge in [0.25, 0.3) is 11.8 Å². The van der Waals surface area contributed by atoms with Gasteiger partial charge in [-0.05, 0) is 50.2 Å². The van der Waals surface area contributed by atoms with Crippen molar-refractivity contribution in [2.24, 2.45) is 0 Å². The molecule has 2 amide bonds. The van der Waals surface area contributed by atoms with Crippen molar-refractivity contribution in [2.45, 2.75) is 18.4 Å². The van der Waals surface area contributed by atoms with Crippen molar-refractivity contribution < 1.29 is 19.1 Å². The van der Waals surface area contributed by atoms with Crippen LogP contribution < -0.4 is 15.4 Å². The molecule has 2 N–H and O–H groups in total. The minimum atomic E-state index is -0.779. The molecule has 1 aromatic rings. The monoisotopic (exact) mass is 335 g/mol. The van der Waals surface area contributed by atoms with Gasteiger partial charge in [-0.3, -0.25) is 9.59 Å². The fraction of sp³-hybridized carbons (Fsp3) is 0.529. The number of hydrogen-bond acceptors (Lipinski definition) is 5. The molecule has 0 atom stereocenters. The van der Waals surface area contributed by atoms with Crippen LogP contribution in [0.25, 0.3) is 0 Å². The Balaban J connectivity index is 1.93. The standard InChI is InChI=1S/C17H25N3O4/c1-20(2)15(21)12-24-14-6-4-13(5-7-14)19-16(22)17(23-3)8-10-18-11-9-17/h4-7,18H,8-12H2,1-3H3,(H,19,22). The molecule has 132 valence electrons. The Labute approximate surface area is 142 Å². The fourth-order valence-corrected chi connectivity index (χ4v) is 2.51. The lowest BCUT2D eigenvalue weighted by Gasteiger charge is -2.34. The Morgan fingerprint density at radius 1 is 1.21 bits per heavy atom. The Morgan fingerprint density at radius 3 is 2.38 bits per heavy atom. The molecule has 0 unspecified atom stereocenters. The number of anilines is 1. The lowest BCUT2D eigenvalue weighted by Crippen LogP contribution is -2.51. The number of benzene rings is 1. The third kappa shape index (κ3) is 4.46. The van der Waals surface area contributed by atoms with Crippen molar-refractivity contribution in [3.8, 4) is 5.75 Å². The van der Waals surface area contributed by atoms with Gasteiger partial charge in [0.1, 0.15) is 11.4 Å². The molecule has 1 heterocycles. The van der Waals surface area contributed by atoms with Crippen LogP contribution in [-0.4, -0.2) is 63.2 Å². The van der Waals surface area contributed by atoms with Gasteiger partial charge in [0.05, 0.1) is 0 Å². The molecule has 7 nitrogen and oxygen atoms in total. The van der Waals surface area contributed by atoms with Gasteiger partial charge in [0, 0.05) is 26.9 Å². The number of carbonyl (C=O) groups is 2. The van der Waals surface area contributed by atoms with Crippen LogP contribution in [0.4, 0.5) is 5.69 Å². The number of amides is 2. The molecule has 24 heavy (non-hydrogen) atoms. The van der Waals surface area contributed by atoms with E-state index in [1.54, 1.807) is 45.5 Å². The number of hydrogen-bond donors (Lipinski definition) is 2. The molecule has 1 fully saturated rings. The second kappa shape index (κ2) is 8.12. The first kappa shape index (κ1) is 18.2. The largest absolute Gasteiger partial charge is 0.484 e. The van der Waals surface area contributed by atoms with E-state index in [1.807, 2.05) is 0 Å². The highest BCUT2D eigenvalue weighted by atomic mass is 16.5. The third-order valence-electron chi connectivity index (χ3n) is 4.19. The van der Waals surface area contributed by atoms with Crippen molar-refractivity contribution in [3.05, 3.63) is 24.3 Å². The molecular formula is C17H25N3O4. The molecule has 0 aliphatic carbocycles. The van der Waals surface area contributed by atoms with Crippen LogP contribution >= 0.6 is 0 Å². The molecule has 0 bridgehead atoms. The number of methoxy groups -OCH3 is 1. The van der Waals surface area contributed by atoms with E-state index in [0.717, 1.165) is 13.1 Å². The van der Waals surface area contributed by atoms with Crippen molar-refractivity contribution in [1.82, 2.24) is 10.2 Å². The maximum atomic E-state index is 12.6. The summed E-state index contributed by atoms with van der Waals surface area (Å²) in [4.78, 5) is 25.5. The van der Waals surface area contributed by atoms with Gasteiger partial charge >= 0.3 is 0 Å². The zero-order valence-electron chi connectivity index (χ0n) is 14.4. The fourth-order valence-electron chi connectivity index (χ4n) is 2.51. The van der Waals surface area contributed by atoms with Crippen molar-refractivity contribution >= 4 is 17.5 Å². The van der Waals surface area contributed by atoms with E-state index in [-0.39, 0.29) is 18.4 Å². The number of piperidine rings is 1. The normalized spacial score (nSPS) is 16.3. The molecule has 0 aromatic heterocycles. The zero-order chi connectivity index (χ0) is 17.6. The number of ether oxygens (including phenoxy) is 2. The highest BCUT2D eigenvalue weighted by molar-refractivity contribution is 5.97. The van der Waals surface area contributed by atoms with Crippen LogP contribution in [0.1, 0.15) is 12.8 Å². The van der Waals surface area contributed by atoms with Gasteiger partial charge in [-0.25, -0.2) is 0 Å². The van der Waals surface area contributed by atoms with Crippen molar-refractivity contribution in [1.29, 1.82) is 0 Å². The first-order chi connectivity index (χ1) is 11.5. The van der Waals surface area contributed by atoms with Crippen LogP contribution in [0.2, 0.25) is 0 Å².